The van der Waals surface area contributed by atoms with Gasteiger partial charge >= 0.3 is 0 Å². The number of rotatable bonds is 8. The first-order chi connectivity index (χ1) is 12.2. The van der Waals surface area contributed by atoms with Crippen LogP contribution in [0.4, 0.5) is 0 Å². The summed E-state index contributed by atoms with van der Waals surface area (Å²) in [5.41, 5.74) is 2.35. The zero-order valence-corrected chi connectivity index (χ0v) is 15.4. The third-order valence-corrected chi connectivity index (χ3v) is 4.27. The van der Waals surface area contributed by atoms with Crippen LogP contribution in [0.25, 0.3) is 0 Å². The third-order valence-electron chi connectivity index (χ3n) is 4.27. The van der Waals surface area contributed by atoms with Crippen LogP contribution in [0.5, 0.6) is 0 Å². The Morgan fingerprint density at radius 2 is 1.88 bits per heavy atom. The van der Waals surface area contributed by atoms with Gasteiger partial charge in [0.15, 0.2) is 5.96 Å². The second-order valence-electron chi connectivity index (χ2n) is 6.21. The largest absolute Gasteiger partial charge is 0.356 e. The molecular weight excluding hydrogens is 310 g/mol. The van der Waals surface area contributed by atoms with E-state index in [9.17, 15) is 0 Å². The van der Waals surface area contributed by atoms with Gasteiger partial charge in [0.05, 0.1) is 12.2 Å². The first-order valence-corrected chi connectivity index (χ1v) is 8.77. The normalized spacial score (nSPS) is 12.9. The maximum absolute atomic E-state index is 4.30. The molecule has 5 nitrogen and oxygen atoms in total. The average molecular weight is 339 g/mol. The molecule has 0 radical (unpaired) electrons. The van der Waals surface area contributed by atoms with E-state index in [4.69, 9.17) is 0 Å². The van der Waals surface area contributed by atoms with Crippen molar-refractivity contribution in [2.24, 2.45) is 4.99 Å². The number of aromatic nitrogens is 1. The molecule has 0 aliphatic rings. The van der Waals surface area contributed by atoms with Crippen molar-refractivity contribution < 1.29 is 0 Å². The Labute approximate surface area is 151 Å². The molecule has 0 spiro atoms. The lowest BCUT2D eigenvalue weighted by molar-refractivity contribution is 0.238. The zero-order valence-electron chi connectivity index (χ0n) is 15.4. The molecule has 0 saturated carbocycles. The fourth-order valence-corrected chi connectivity index (χ4v) is 2.54. The number of aliphatic imine (C=N–C) groups is 1. The van der Waals surface area contributed by atoms with Gasteiger partial charge in [-0.15, -0.1) is 0 Å². The van der Waals surface area contributed by atoms with Gasteiger partial charge in [0, 0.05) is 32.4 Å². The standard InChI is InChI=1S/C20H29N5/c1-17(25(3)16-18-9-5-4-6-10-18)12-14-23-20(21-2)24-15-19-11-7-8-13-22-19/h4-11,13,17H,12,14-16H2,1-3H3,(H2,21,23,24). The average Bonchev–Trinajstić information content (AvgIpc) is 2.66. The Balaban J connectivity index is 1.69. The van der Waals surface area contributed by atoms with Crippen LogP contribution in [-0.2, 0) is 13.1 Å². The minimum Gasteiger partial charge on any atom is -0.356 e. The van der Waals surface area contributed by atoms with E-state index in [0.717, 1.165) is 31.2 Å². The van der Waals surface area contributed by atoms with Gasteiger partial charge in [-0.05, 0) is 38.1 Å². The molecule has 1 aromatic heterocycles. The molecule has 134 valence electrons. The summed E-state index contributed by atoms with van der Waals surface area (Å²) >= 11 is 0. The van der Waals surface area contributed by atoms with Gasteiger partial charge in [0.25, 0.3) is 0 Å². The highest BCUT2D eigenvalue weighted by Crippen LogP contribution is 2.07. The van der Waals surface area contributed by atoms with Crippen LogP contribution in [0.2, 0.25) is 0 Å². The Hall–Kier alpha value is -2.40. The third kappa shape index (κ3) is 6.93. The highest BCUT2D eigenvalue weighted by Gasteiger charge is 2.09. The van der Waals surface area contributed by atoms with Gasteiger partial charge < -0.3 is 10.6 Å². The summed E-state index contributed by atoms with van der Waals surface area (Å²) < 4.78 is 0. The summed E-state index contributed by atoms with van der Waals surface area (Å²) in [5.74, 6) is 0.809. The highest BCUT2D eigenvalue weighted by molar-refractivity contribution is 5.79. The summed E-state index contributed by atoms with van der Waals surface area (Å²) in [5, 5.41) is 6.67. The fourth-order valence-electron chi connectivity index (χ4n) is 2.54. The van der Waals surface area contributed by atoms with E-state index in [0.29, 0.717) is 12.6 Å². The number of guanidine groups is 1. The first kappa shape index (κ1) is 18.9. The molecule has 25 heavy (non-hydrogen) atoms. The van der Waals surface area contributed by atoms with E-state index in [1.54, 1.807) is 13.2 Å². The molecule has 1 heterocycles. The Bertz CT molecular complexity index is 627. The van der Waals surface area contributed by atoms with E-state index in [-0.39, 0.29) is 0 Å². The van der Waals surface area contributed by atoms with Gasteiger partial charge in [-0.3, -0.25) is 14.9 Å². The summed E-state index contributed by atoms with van der Waals surface area (Å²) in [6, 6.07) is 17.0. The molecule has 0 aliphatic heterocycles. The summed E-state index contributed by atoms with van der Waals surface area (Å²) in [4.78, 5) is 10.9. The molecule has 0 bridgehead atoms. The van der Waals surface area contributed by atoms with Crippen molar-refractivity contribution in [3.05, 3.63) is 66.0 Å². The molecule has 5 heteroatoms. The van der Waals surface area contributed by atoms with Gasteiger partial charge in [0.1, 0.15) is 0 Å². The Morgan fingerprint density at radius 3 is 2.56 bits per heavy atom. The summed E-state index contributed by atoms with van der Waals surface area (Å²) in [6.45, 7) is 4.77. The van der Waals surface area contributed by atoms with Gasteiger partial charge in [0.2, 0.25) is 0 Å². The molecule has 1 unspecified atom stereocenters. The summed E-state index contributed by atoms with van der Waals surface area (Å²) in [7, 11) is 3.96. The lowest BCUT2D eigenvalue weighted by atomic mass is 10.1. The number of hydrogen-bond donors (Lipinski definition) is 2. The van der Waals surface area contributed by atoms with Gasteiger partial charge in [-0.1, -0.05) is 36.4 Å². The molecule has 2 aromatic rings. The molecular formula is C20H29N5. The van der Waals surface area contributed by atoms with Crippen LogP contribution in [0.1, 0.15) is 24.6 Å². The Morgan fingerprint density at radius 1 is 1.12 bits per heavy atom. The van der Waals surface area contributed by atoms with E-state index in [1.165, 1.54) is 5.56 Å². The molecule has 0 aliphatic carbocycles. The van der Waals surface area contributed by atoms with Crippen molar-refractivity contribution in [3.8, 4) is 0 Å². The number of hydrogen-bond acceptors (Lipinski definition) is 3. The van der Waals surface area contributed by atoms with Crippen molar-refractivity contribution >= 4 is 5.96 Å². The van der Waals surface area contributed by atoms with Crippen molar-refractivity contribution in [1.82, 2.24) is 20.5 Å². The number of pyridine rings is 1. The van der Waals surface area contributed by atoms with Crippen LogP contribution in [0.3, 0.4) is 0 Å². The number of benzene rings is 1. The SMILES string of the molecule is CN=C(NCCC(C)N(C)Cc1ccccc1)NCc1ccccn1. The monoisotopic (exact) mass is 339 g/mol. The molecule has 0 amide bonds. The van der Waals surface area contributed by atoms with E-state index >= 15 is 0 Å². The topological polar surface area (TPSA) is 52.6 Å². The quantitative estimate of drug-likeness (QED) is 0.573. The van der Waals surface area contributed by atoms with Crippen molar-refractivity contribution in [2.75, 3.05) is 20.6 Å². The van der Waals surface area contributed by atoms with E-state index < -0.39 is 0 Å². The number of nitrogens with one attached hydrogen (secondary N) is 2. The maximum Gasteiger partial charge on any atom is 0.191 e. The second kappa shape index (κ2) is 10.5. The lowest BCUT2D eigenvalue weighted by Gasteiger charge is -2.25. The molecule has 2 N–H and O–H groups in total. The van der Waals surface area contributed by atoms with Crippen LogP contribution >= 0.6 is 0 Å². The molecule has 1 atom stereocenters. The lowest BCUT2D eigenvalue weighted by Crippen LogP contribution is -2.39. The smallest absolute Gasteiger partial charge is 0.191 e. The minimum absolute atomic E-state index is 0.488. The molecule has 1 aromatic carbocycles. The van der Waals surface area contributed by atoms with Crippen LogP contribution in [0.15, 0.2) is 59.7 Å². The highest BCUT2D eigenvalue weighted by atomic mass is 15.2. The van der Waals surface area contributed by atoms with Crippen molar-refractivity contribution in [3.63, 3.8) is 0 Å². The van der Waals surface area contributed by atoms with Gasteiger partial charge in [-0.2, -0.15) is 0 Å². The minimum atomic E-state index is 0.488. The molecule has 0 saturated heterocycles. The van der Waals surface area contributed by atoms with Crippen molar-refractivity contribution in [1.29, 1.82) is 0 Å². The fraction of sp³-hybridized carbons (Fsp3) is 0.400. The molecule has 2 rings (SSSR count). The zero-order chi connectivity index (χ0) is 17.9. The molecule has 0 fully saturated rings. The second-order valence-corrected chi connectivity index (χ2v) is 6.21. The van der Waals surface area contributed by atoms with Crippen LogP contribution in [-0.4, -0.2) is 42.5 Å². The van der Waals surface area contributed by atoms with Crippen molar-refractivity contribution in [2.45, 2.75) is 32.5 Å². The Kier molecular flexibility index (Phi) is 7.92. The predicted octanol–water partition coefficient (Wildman–Crippen LogP) is 2.66. The van der Waals surface area contributed by atoms with Gasteiger partial charge in [-0.25, -0.2) is 0 Å². The van der Waals surface area contributed by atoms with Crippen LogP contribution in [0, 0.1) is 0 Å². The maximum atomic E-state index is 4.30. The summed E-state index contributed by atoms with van der Waals surface area (Å²) in [6.07, 6.45) is 2.85. The number of nitrogens with zero attached hydrogens (tertiary/aromatic N) is 3. The van der Waals surface area contributed by atoms with E-state index in [2.05, 4.69) is 69.8 Å². The van der Waals surface area contributed by atoms with E-state index in [1.807, 2.05) is 18.2 Å². The predicted molar refractivity (Wildman–Crippen MR) is 104 cm³/mol. The van der Waals surface area contributed by atoms with Crippen LogP contribution < -0.4 is 10.6 Å². The first-order valence-electron chi connectivity index (χ1n) is 8.77.